The summed E-state index contributed by atoms with van der Waals surface area (Å²) in [6, 6.07) is 7.53. The summed E-state index contributed by atoms with van der Waals surface area (Å²) < 4.78 is 0. The first kappa shape index (κ1) is 10.9. The summed E-state index contributed by atoms with van der Waals surface area (Å²) in [6.45, 7) is 0. The van der Waals surface area contributed by atoms with E-state index in [2.05, 4.69) is 4.98 Å². The fourth-order valence-corrected chi connectivity index (χ4v) is 1.91. The van der Waals surface area contributed by atoms with Crippen molar-refractivity contribution in [3.63, 3.8) is 0 Å². The van der Waals surface area contributed by atoms with Gasteiger partial charge in [0.05, 0.1) is 0 Å². The van der Waals surface area contributed by atoms with Crippen LogP contribution in [0, 0.1) is 0 Å². The van der Waals surface area contributed by atoms with Gasteiger partial charge in [-0.05, 0) is 18.6 Å². The number of aryl methyl sites for hydroxylation is 1. The standard InChI is InChI=1S/C12H11ClN2O/c13-10-3-1-2-9-8(10)6-7-15-11(9)4-5-12(14)16/h1-3,6-7H,4-5H2,(H2,14,16). The summed E-state index contributed by atoms with van der Waals surface area (Å²) in [5.41, 5.74) is 5.98. The van der Waals surface area contributed by atoms with Crippen LogP contribution in [0.4, 0.5) is 0 Å². The highest BCUT2D eigenvalue weighted by Crippen LogP contribution is 2.25. The average molecular weight is 235 g/mol. The Kier molecular flexibility index (Phi) is 3.06. The zero-order chi connectivity index (χ0) is 11.5. The number of halogens is 1. The van der Waals surface area contributed by atoms with E-state index in [4.69, 9.17) is 17.3 Å². The number of aromatic nitrogens is 1. The van der Waals surface area contributed by atoms with Gasteiger partial charge in [0.2, 0.25) is 5.91 Å². The molecule has 0 aliphatic heterocycles. The van der Waals surface area contributed by atoms with Crippen LogP contribution in [0.3, 0.4) is 0 Å². The van der Waals surface area contributed by atoms with E-state index in [1.165, 1.54) is 0 Å². The van der Waals surface area contributed by atoms with Gasteiger partial charge in [-0.2, -0.15) is 0 Å². The number of nitrogens with zero attached hydrogens (tertiary/aromatic N) is 1. The Bertz CT molecular complexity index is 540. The molecule has 1 aromatic carbocycles. The van der Waals surface area contributed by atoms with Crippen molar-refractivity contribution in [1.29, 1.82) is 0 Å². The maximum absolute atomic E-state index is 10.7. The second-order valence-electron chi connectivity index (χ2n) is 3.56. The van der Waals surface area contributed by atoms with Gasteiger partial charge in [0.1, 0.15) is 0 Å². The lowest BCUT2D eigenvalue weighted by Gasteiger charge is -2.05. The molecule has 0 aliphatic rings. The van der Waals surface area contributed by atoms with Crippen molar-refractivity contribution < 1.29 is 4.79 Å². The van der Waals surface area contributed by atoms with Gasteiger partial charge in [-0.1, -0.05) is 23.7 Å². The quantitative estimate of drug-likeness (QED) is 0.886. The van der Waals surface area contributed by atoms with Gasteiger partial charge >= 0.3 is 0 Å². The van der Waals surface area contributed by atoms with Crippen LogP contribution in [0.25, 0.3) is 10.8 Å². The van der Waals surface area contributed by atoms with Gasteiger partial charge in [0, 0.05) is 34.1 Å². The first-order chi connectivity index (χ1) is 7.68. The third-order valence-electron chi connectivity index (χ3n) is 2.44. The number of carbonyl (C=O) groups excluding carboxylic acids is 1. The topological polar surface area (TPSA) is 56.0 Å². The van der Waals surface area contributed by atoms with Gasteiger partial charge < -0.3 is 5.73 Å². The van der Waals surface area contributed by atoms with Crippen LogP contribution in [-0.2, 0) is 11.2 Å². The molecule has 82 valence electrons. The van der Waals surface area contributed by atoms with Crippen LogP contribution in [0.15, 0.2) is 30.5 Å². The lowest BCUT2D eigenvalue weighted by atomic mass is 10.1. The van der Waals surface area contributed by atoms with Crippen LogP contribution in [0.1, 0.15) is 12.1 Å². The minimum atomic E-state index is -0.319. The molecule has 0 saturated heterocycles. The van der Waals surface area contributed by atoms with E-state index < -0.39 is 0 Å². The molecule has 0 saturated carbocycles. The highest BCUT2D eigenvalue weighted by molar-refractivity contribution is 6.35. The molecule has 2 rings (SSSR count). The summed E-state index contributed by atoms with van der Waals surface area (Å²) in [5, 5.41) is 2.63. The van der Waals surface area contributed by atoms with E-state index in [0.717, 1.165) is 16.5 Å². The molecular weight excluding hydrogens is 224 g/mol. The fourth-order valence-electron chi connectivity index (χ4n) is 1.67. The van der Waals surface area contributed by atoms with Crippen molar-refractivity contribution in [2.45, 2.75) is 12.8 Å². The monoisotopic (exact) mass is 234 g/mol. The van der Waals surface area contributed by atoms with E-state index >= 15 is 0 Å². The molecule has 0 aliphatic carbocycles. The minimum absolute atomic E-state index is 0.304. The molecule has 0 radical (unpaired) electrons. The lowest BCUT2D eigenvalue weighted by Crippen LogP contribution is -2.11. The molecule has 0 spiro atoms. The van der Waals surface area contributed by atoms with Crippen molar-refractivity contribution >= 4 is 28.3 Å². The molecule has 0 bridgehead atoms. The molecular formula is C12H11ClN2O. The third-order valence-corrected chi connectivity index (χ3v) is 2.77. The number of pyridine rings is 1. The number of carbonyl (C=O) groups is 1. The molecule has 16 heavy (non-hydrogen) atoms. The molecule has 1 amide bonds. The second kappa shape index (κ2) is 4.49. The predicted octanol–water partition coefficient (Wildman–Crippen LogP) is 2.31. The lowest BCUT2D eigenvalue weighted by molar-refractivity contribution is -0.117. The molecule has 0 fully saturated rings. The summed E-state index contributed by atoms with van der Waals surface area (Å²) in [5.74, 6) is -0.319. The van der Waals surface area contributed by atoms with E-state index in [-0.39, 0.29) is 5.91 Å². The van der Waals surface area contributed by atoms with Crippen LogP contribution >= 0.6 is 11.6 Å². The van der Waals surface area contributed by atoms with E-state index in [9.17, 15) is 4.79 Å². The summed E-state index contributed by atoms with van der Waals surface area (Å²) in [4.78, 5) is 15.0. The molecule has 3 nitrogen and oxygen atoms in total. The molecule has 1 aromatic heterocycles. The molecule has 0 unspecified atom stereocenters. The Balaban J connectivity index is 2.45. The molecule has 2 N–H and O–H groups in total. The first-order valence-electron chi connectivity index (χ1n) is 4.99. The highest BCUT2D eigenvalue weighted by atomic mass is 35.5. The Morgan fingerprint density at radius 1 is 1.31 bits per heavy atom. The number of nitrogens with two attached hydrogens (primary N) is 1. The van der Waals surface area contributed by atoms with Gasteiger partial charge in [0.25, 0.3) is 0 Å². The zero-order valence-electron chi connectivity index (χ0n) is 8.61. The largest absolute Gasteiger partial charge is 0.370 e. The van der Waals surface area contributed by atoms with Gasteiger partial charge in [-0.15, -0.1) is 0 Å². The zero-order valence-corrected chi connectivity index (χ0v) is 9.37. The summed E-state index contributed by atoms with van der Waals surface area (Å²) in [6.07, 6.45) is 2.55. The highest BCUT2D eigenvalue weighted by Gasteiger charge is 2.05. The molecule has 0 atom stereocenters. The minimum Gasteiger partial charge on any atom is -0.370 e. The third kappa shape index (κ3) is 2.14. The Labute approximate surface area is 98.2 Å². The van der Waals surface area contributed by atoms with Gasteiger partial charge in [-0.3, -0.25) is 9.78 Å². The normalized spacial score (nSPS) is 10.6. The van der Waals surface area contributed by atoms with E-state index in [1.54, 1.807) is 6.20 Å². The smallest absolute Gasteiger partial charge is 0.217 e. The number of rotatable bonds is 3. The van der Waals surface area contributed by atoms with Crippen LogP contribution in [0.2, 0.25) is 5.02 Å². The number of hydrogen-bond donors (Lipinski definition) is 1. The maximum atomic E-state index is 10.7. The molecule has 2 aromatic rings. The van der Waals surface area contributed by atoms with Crippen molar-refractivity contribution in [2.75, 3.05) is 0 Å². The Morgan fingerprint density at radius 2 is 2.12 bits per heavy atom. The Morgan fingerprint density at radius 3 is 2.88 bits per heavy atom. The fraction of sp³-hybridized carbons (Fsp3) is 0.167. The second-order valence-corrected chi connectivity index (χ2v) is 3.97. The number of amides is 1. The summed E-state index contributed by atoms with van der Waals surface area (Å²) in [7, 11) is 0. The van der Waals surface area contributed by atoms with Crippen molar-refractivity contribution in [3.05, 3.63) is 41.2 Å². The molecule has 4 heteroatoms. The van der Waals surface area contributed by atoms with E-state index in [1.807, 2.05) is 24.3 Å². The molecule has 1 heterocycles. The van der Waals surface area contributed by atoms with Crippen molar-refractivity contribution in [1.82, 2.24) is 4.98 Å². The van der Waals surface area contributed by atoms with Crippen LogP contribution in [-0.4, -0.2) is 10.9 Å². The summed E-state index contributed by atoms with van der Waals surface area (Å²) >= 11 is 6.07. The average Bonchev–Trinajstić information content (AvgIpc) is 2.27. The van der Waals surface area contributed by atoms with Gasteiger partial charge in [0.15, 0.2) is 0 Å². The SMILES string of the molecule is NC(=O)CCc1nccc2c(Cl)cccc12. The predicted molar refractivity (Wildman–Crippen MR) is 64.3 cm³/mol. The van der Waals surface area contributed by atoms with Crippen LogP contribution < -0.4 is 5.73 Å². The Hall–Kier alpha value is -1.61. The number of hydrogen-bond acceptors (Lipinski definition) is 2. The number of primary amides is 1. The van der Waals surface area contributed by atoms with Gasteiger partial charge in [-0.25, -0.2) is 0 Å². The van der Waals surface area contributed by atoms with Crippen molar-refractivity contribution in [3.8, 4) is 0 Å². The van der Waals surface area contributed by atoms with E-state index in [0.29, 0.717) is 17.9 Å². The van der Waals surface area contributed by atoms with Crippen LogP contribution in [0.5, 0.6) is 0 Å². The number of fused-ring (bicyclic) bond motifs is 1. The first-order valence-corrected chi connectivity index (χ1v) is 5.36. The van der Waals surface area contributed by atoms with Crippen molar-refractivity contribution in [2.24, 2.45) is 5.73 Å². The number of benzene rings is 1. The maximum Gasteiger partial charge on any atom is 0.217 e.